The fourth-order valence-corrected chi connectivity index (χ4v) is 4.43. The summed E-state index contributed by atoms with van der Waals surface area (Å²) in [5.41, 5.74) is 3.13. The number of carbonyl (C=O) groups is 1. The molecule has 2 aliphatic rings. The van der Waals surface area contributed by atoms with Crippen LogP contribution in [0.3, 0.4) is 0 Å². The average molecular weight is 347 g/mol. The van der Waals surface area contributed by atoms with Gasteiger partial charge in [0.1, 0.15) is 5.52 Å². The average Bonchev–Trinajstić information content (AvgIpc) is 3.36. The smallest absolute Gasteiger partial charge is 0.255 e. The van der Waals surface area contributed by atoms with E-state index in [1.165, 1.54) is 19.3 Å². The summed E-state index contributed by atoms with van der Waals surface area (Å²) < 4.78 is 1.96. The highest BCUT2D eigenvalue weighted by molar-refractivity contribution is 5.96. The van der Waals surface area contributed by atoms with Gasteiger partial charge in [0.25, 0.3) is 5.91 Å². The van der Waals surface area contributed by atoms with Crippen molar-refractivity contribution < 1.29 is 4.79 Å². The SMILES string of the molecule is O=C(c1cnc2c(c1)ncn2Cc1ccccn1)N1C[C@H]2CCC[C@H]2C1. The van der Waals surface area contributed by atoms with E-state index in [1.807, 2.05) is 33.7 Å². The number of fused-ring (bicyclic) bond motifs is 2. The monoisotopic (exact) mass is 347 g/mol. The molecule has 2 fully saturated rings. The van der Waals surface area contributed by atoms with Crippen molar-refractivity contribution in [2.45, 2.75) is 25.8 Å². The summed E-state index contributed by atoms with van der Waals surface area (Å²) in [6, 6.07) is 7.72. The molecule has 1 aliphatic carbocycles. The molecular formula is C20H21N5O. The molecule has 0 unspecified atom stereocenters. The molecule has 5 rings (SSSR count). The highest BCUT2D eigenvalue weighted by Crippen LogP contribution is 2.38. The molecule has 0 N–H and O–H groups in total. The van der Waals surface area contributed by atoms with Crippen molar-refractivity contribution in [1.29, 1.82) is 0 Å². The summed E-state index contributed by atoms with van der Waals surface area (Å²) in [6.45, 7) is 2.42. The number of nitrogens with zero attached hydrogens (tertiary/aromatic N) is 5. The normalized spacial score (nSPS) is 22.1. The molecule has 26 heavy (non-hydrogen) atoms. The van der Waals surface area contributed by atoms with Crippen molar-refractivity contribution in [3.05, 3.63) is 54.2 Å². The Balaban J connectivity index is 1.38. The van der Waals surface area contributed by atoms with E-state index in [2.05, 4.69) is 15.0 Å². The Bertz CT molecular complexity index is 939. The Morgan fingerprint density at radius 3 is 2.73 bits per heavy atom. The van der Waals surface area contributed by atoms with Crippen LogP contribution in [-0.4, -0.2) is 43.4 Å². The number of hydrogen-bond acceptors (Lipinski definition) is 4. The number of pyridine rings is 2. The van der Waals surface area contributed by atoms with E-state index in [-0.39, 0.29) is 5.91 Å². The molecule has 2 atom stereocenters. The highest BCUT2D eigenvalue weighted by Gasteiger charge is 2.38. The maximum absolute atomic E-state index is 12.9. The number of amides is 1. The zero-order chi connectivity index (χ0) is 17.5. The zero-order valence-electron chi connectivity index (χ0n) is 14.6. The van der Waals surface area contributed by atoms with Crippen molar-refractivity contribution in [3.63, 3.8) is 0 Å². The van der Waals surface area contributed by atoms with Crippen LogP contribution in [-0.2, 0) is 6.54 Å². The summed E-state index contributed by atoms with van der Waals surface area (Å²) in [4.78, 5) is 28.2. The second-order valence-corrected chi connectivity index (χ2v) is 7.42. The minimum Gasteiger partial charge on any atom is -0.338 e. The summed E-state index contributed by atoms with van der Waals surface area (Å²) in [5, 5.41) is 0. The standard InChI is InChI=1S/C20H21N5O/c26-20(24-10-14-4-3-5-15(14)11-24)16-8-18-19(22-9-16)25(13-23-18)12-17-6-1-2-7-21-17/h1-2,6-9,13-15H,3-5,10-12H2/t14-,15+. The van der Waals surface area contributed by atoms with Crippen LogP contribution in [0.15, 0.2) is 43.0 Å². The van der Waals surface area contributed by atoms with E-state index in [0.717, 1.165) is 29.9 Å². The molecule has 4 heterocycles. The number of aromatic nitrogens is 4. The van der Waals surface area contributed by atoms with E-state index in [9.17, 15) is 4.79 Å². The van der Waals surface area contributed by atoms with Gasteiger partial charge in [0.15, 0.2) is 5.65 Å². The fourth-order valence-electron chi connectivity index (χ4n) is 4.43. The van der Waals surface area contributed by atoms with Crippen molar-refractivity contribution in [2.75, 3.05) is 13.1 Å². The molecule has 0 radical (unpaired) electrons. The van der Waals surface area contributed by atoms with Crippen molar-refractivity contribution in [2.24, 2.45) is 11.8 Å². The van der Waals surface area contributed by atoms with Crippen LogP contribution in [0.1, 0.15) is 35.3 Å². The number of carbonyl (C=O) groups excluding carboxylic acids is 1. The first-order valence-corrected chi connectivity index (χ1v) is 9.28. The van der Waals surface area contributed by atoms with Crippen LogP contribution in [0.2, 0.25) is 0 Å². The van der Waals surface area contributed by atoms with Crippen LogP contribution >= 0.6 is 0 Å². The van der Waals surface area contributed by atoms with E-state index in [1.54, 1.807) is 18.7 Å². The van der Waals surface area contributed by atoms with Crippen LogP contribution < -0.4 is 0 Å². The number of rotatable bonds is 3. The Morgan fingerprint density at radius 2 is 1.96 bits per heavy atom. The van der Waals surface area contributed by atoms with Gasteiger partial charge in [-0.3, -0.25) is 9.78 Å². The Kier molecular flexibility index (Phi) is 3.69. The maximum atomic E-state index is 12.9. The van der Waals surface area contributed by atoms with Gasteiger partial charge < -0.3 is 9.47 Å². The van der Waals surface area contributed by atoms with Gasteiger partial charge in [-0.25, -0.2) is 9.97 Å². The molecule has 0 aromatic carbocycles. The number of hydrogen-bond donors (Lipinski definition) is 0. The van der Waals surface area contributed by atoms with Gasteiger partial charge in [0.05, 0.1) is 24.1 Å². The molecule has 1 amide bonds. The second kappa shape index (κ2) is 6.20. The molecule has 132 valence electrons. The molecule has 6 nitrogen and oxygen atoms in total. The van der Waals surface area contributed by atoms with Crippen molar-refractivity contribution in [1.82, 2.24) is 24.4 Å². The molecule has 3 aromatic heterocycles. The van der Waals surface area contributed by atoms with Gasteiger partial charge in [-0.1, -0.05) is 12.5 Å². The minimum atomic E-state index is 0.0908. The topological polar surface area (TPSA) is 63.9 Å². The lowest BCUT2D eigenvalue weighted by Crippen LogP contribution is -2.29. The highest BCUT2D eigenvalue weighted by atomic mass is 16.2. The van der Waals surface area contributed by atoms with Crippen LogP contribution in [0.5, 0.6) is 0 Å². The minimum absolute atomic E-state index is 0.0908. The van der Waals surface area contributed by atoms with Crippen molar-refractivity contribution >= 4 is 17.1 Å². The molecule has 0 bridgehead atoms. The molecule has 1 saturated heterocycles. The first kappa shape index (κ1) is 15.5. The Labute approximate surface area is 151 Å². The third-order valence-corrected chi connectivity index (χ3v) is 5.77. The summed E-state index contributed by atoms with van der Waals surface area (Å²) in [5.74, 6) is 1.49. The third kappa shape index (κ3) is 2.66. The van der Waals surface area contributed by atoms with E-state index in [0.29, 0.717) is 23.9 Å². The first-order valence-electron chi connectivity index (χ1n) is 9.28. The largest absolute Gasteiger partial charge is 0.338 e. The fraction of sp³-hybridized carbons (Fsp3) is 0.400. The lowest BCUT2D eigenvalue weighted by atomic mass is 10.0. The van der Waals surface area contributed by atoms with Gasteiger partial charge in [-0.2, -0.15) is 0 Å². The van der Waals surface area contributed by atoms with Crippen LogP contribution in [0, 0.1) is 11.8 Å². The van der Waals surface area contributed by atoms with Gasteiger partial charge >= 0.3 is 0 Å². The number of likely N-dealkylation sites (tertiary alicyclic amines) is 1. The molecule has 6 heteroatoms. The summed E-state index contributed by atoms with van der Waals surface area (Å²) >= 11 is 0. The predicted octanol–water partition coefficient (Wildman–Crippen LogP) is 2.75. The van der Waals surface area contributed by atoms with E-state index >= 15 is 0 Å². The summed E-state index contributed by atoms with van der Waals surface area (Å²) in [7, 11) is 0. The third-order valence-electron chi connectivity index (χ3n) is 5.77. The van der Waals surface area contributed by atoms with E-state index in [4.69, 9.17) is 0 Å². The van der Waals surface area contributed by atoms with Gasteiger partial charge in [-0.15, -0.1) is 0 Å². The zero-order valence-corrected chi connectivity index (χ0v) is 14.6. The summed E-state index contributed by atoms with van der Waals surface area (Å²) in [6.07, 6.45) is 9.09. The molecule has 1 aliphatic heterocycles. The molecular weight excluding hydrogens is 326 g/mol. The molecule has 3 aromatic rings. The van der Waals surface area contributed by atoms with Gasteiger partial charge in [0.2, 0.25) is 0 Å². The van der Waals surface area contributed by atoms with E-state index < -0.39 is 0 Å². The van der Waals surface area contributed by atoms with Gasteiger partial charge in [0, 0.05) is 25.5 Å². The van der Waals surface area contributed by atoms with Crippen molar-refractivity contribution in [3.8, 4) is 0 Å². The maximum Gasteiger partial charge on any atom is 0.255 e. The Morgan fingerprint density at radius 1 is 1.12 bits per heavy atom. The number of imidazole rings is 1. The lowest BCUT2D eigenvalue weighted by Gasteiger charge is -2.17. The van der Waals surface area contributed by atoms with Gasteiger partial charge in [-0.05, 0) is 42.9 Å². The van der Waals surface area contributed by atoms with Crippen LogP contribution in [0.25, 0.3) is 11.2 Å². The first-order chi connectivity index (χ1) is 12.8. The second-order valence-electron chi connectivity index (χ2n) is 7.42. The predicted molar refractivity (Wildman–Crippen MR) is 97.6 cm³/mol. The lowest BCUT2D eigenvalue weighted by molar-refractivity contribution is 0.0780. The van der Waals surface area contributed by atoms with Crippen LogP contribution in [0.4, 0.5) is 0 Å². The Hall–Kier alpha value is -2.76. The molecule has 0 spiro atoms. The molecule has 1 saturated carbocycles. The quantitative estimate of drug-likeness (QED) is 0.731.